The van der Waals surface area contributed by atoms with Gasteiger partial charge in [-0.25, -0.2) is 13.8 Å². The predicted molar refractivity (Wildman–Crippen MR) is 134 cm³/mol. The lowest BCUT2D eigenvalue weighted by molar-refractivity contribution is 0.459. The van der Waals surface area contributed by atoms with Crippen LogP contribution >= 0.6 is 0 Å². The van der Waals surface area contributed by atoms with E-state index < -0.39 is 11.6 Å². The highest BCUT2D eigenvalue weighted by Gasteiger charge is 2.17. The number of ether oxygens (including phenoxy) is 1. The fraction of sp³-hybridized carbons (Fsp3) is 0.107. The van der Waals surface area contributed by atoms with E-state index in [1.54, 1.807) is 24.3 Å². The van der Waals surface area contributed by atoms with Gasteiger partial charge < -0.3 is 14.6 Å². The molecule has 0 spiro atoms. The Bertz CT molecular complexity index is 1610. The van der Waals surface area contributed by atoms with E-state index in [1.165, 1.54) is 12.1 Å². The van der Waals surface area contributed by atoms with Crippen LogP contribution in [0.15, 0.2) is 66.9 Å². The molecule has 6 nitrogen and oxygen atoms in total. The summed E-state index contributed by atoms with van der Waals surface area (Å²) in [5.74, 6) is 0.0427. The van der Waals surface area contributed by atoms with Crippen molar-refractivity contribution >= 4 is 22.7 Å². The van der Waals surface area contributed by atoms with Crippen LogP contribution in [0.5, 0.6) is 11.6 Å². The Balaban J connectivity index is 1.53. The number of aromatic nitrogens is 3. The molecular weight excluding hydrogens is 460 g/mol. The fourth-order valence-corrected chi connectivity index (χ4v) is 4.13. The molecular formula is C28H21F2N5O. The molecule has 0 fully saturated rings. The first-order valence-electron chi connectivity index (χ1n) is 11.2. The second-order valence-electron chi connectivity index (χ2n) is 8.53. The molecule has 2 aromatic heterocycles. The third-order valence-corrected chi connectivity index (χ3v) is 5.81. The first kappa shape index (κ1) is 23.0. The van der Waals surface area contributed by atoms with Crippen LogP contribution in [0.4, 0.5) is 20.4 Å². The molecule has 0 bridgehead atoms. The van der Waals surface area contributed by atoms with Crippen molar-refractivity contribution in [3.8, 4) is 28.8 Å². The van der Waals surface area contributed by atoms with Crippen molar-refractivity contribution in [3.63, 3.8) is 0 Å². The highest BCUT2D eigenvalue weighted by atomic mass is 19.1. The maximum atomic E-state index is 13.8. The van der Waals surface area contributed by atoms with E-state index in [9.17, 15) is 8.78 Å². The first-order valence-corrected chi connectivity index (χ1v) is 11.2. The Kier molecular flexibility index (Phi) is 5.82. The van der Waals surface area contributed by atoms with Crippen molar-refractivity contribution in [1.82, 2.24) is 14.5 Å². The van der Waals surface area contributed by atoms with Gasteiger partial charge in [-0.2, -0.15) is 10.2 Å². The van der Waals surface area contributed by atoms with Crippen molar-refractivity contribution < 1.29 is 13.5 Å². The summed E-state index contributed by atoms with van der Waals surface area (Å²) >= 11 is 0. The summed E-state index contributed by atoms with van der Waals surface area (Å²) in [5, 5.41) is 12.2. The van der Waals surface area contributed by atoms with Crippen LogP contribution in [0.3, 0.4) is 0 Å². The van der Waals surface area contributed by atoms with Gasteiger partial charge in [-0.3, -0.25) is 0 Å². The van der Waals surface area contributed by atoms with Crippen molar-refractivity contribution in [2.24, 2.45) is 7.05 Å². The lowest BCUT2D eigenvalue weighted by Crippen LogP contribution is -2.02. The minimum Gasteiger partial charge on any atom is -0.436 e. The maximum Gasteiger partial charge on any atom is 0.249 e. The van der Waals surface area contributed by atoms with E-state index in [1.807, 2.05) is 49.9 Å². The lowest BCUT2D eigenvalue weighted by atomic mass is 9.99. The Morgan fingerprint density at radius 1 is 0.889 bits per heavy atom. The molecule has 0 saturated heterocycles. The summed E-state index contributed by atoms with van der Waals surface area (Å²) in [6.07, 6.45) is 1.87. The number of nitriles is 1. The largest absolute Gasteiger partial charge is 0.436 e. The van der Waals surface area contributed by atoms with Gasteiger partial charge in [-0.15, -0.1) is 0 Å². The van der Waals surface area contributed by atoms with Gasteiger partial charge in [0.25, 0.3) is 0 Å². The van der Waals surface area contributed by atoms with E-state index in [0.29, 0.717) is 39.8 Å². The third-order valence-electron chi connectivity index (χ3n) is 5.81. The molecule has 5 aromatic rings. The van der Waals surface area contributed by atoms with Gasteiger partial charge >= 0.3 is 0 Å². The van der Waals surface area contributed by atoms with Crippen LogP contribution < -0.4 is 10.1 Å². The van der Waals surface area contributed by atoms with Gasteiger partial charge in [-0.1, -0.05) is 0 Å². The number of nitrogens with one attached hydrogen (secondary N) is 1. The molecule has 0 amide bonds. The lowest BCUT2D eigenvalue weighted by Gasteiger charge is -2.15. The second-order valence-corrected chi connectivity index (χ2v) is 8.53. The Hall–Kier alpha value is -4.77. The van der Waals surface area contributed by atoms with E-state index in [4.69, 9.17) is 10.00 Å². The topological polar surface area (TPSA) is 75.8 Å². The molecule has 0 saturated carbocycles. The molecule has 0 unspecified atom stereocenters. The molecule has 5 rings (SSSR count). The monoisotopic (exact) mass is 481 g/mol. The van der Waals surface area contributed by atoms with Crippen LogP contribution in [-0.2, 0) is 7.05 Å². The summed E-state index contributed by atoms with van der Waals surface area (Å²) in [4.78, 5) is 9.22. The smallest absolute Gasteiger partial charge is 0.249 e. The van der Waals surface area contributed by atoms with E-state index >= 15 is 0 Å². The molecule has 0 atom stereocenters. The average Bonchev–Trinajstić information content (AvgIpc) is 3.21. The zero-order valence-electron chi connectivity index (χ0n) is 19.8. The number of benzene rings is 3. The molecule has 2 heterocycles. The van der Waals surface area contributed by atoms with Gasteiger partial charge in [0.1, 0.15) is 22.9 Å². The Morgan fingerprint density at radius 2 is 1.53 bits per heavy atom. The number of hydrogen-bond acceptors (Lipinski definition) is 5. The maximum absolute atomic E-state index is 13.8. The highest BCUT2D eigenvalue weighted by molar-refractivity contribution is 5.83. The quantitative estimate of drug-likeness (QED) is 0.294. The van der Waals surface area contributed by atoms with E-state index in [-0.39, 0.29) is 0 Å². The van der Waals surface area contributed by atoms with E-state index in [2.05, 4.69) is 21.4 Å². The summed E-state index contributed by atoms with van der Waals surface area (Å²) in [5.41, 5.74) is 5.41. The number of rotatable bonds is 5. The first-order chi connectivity index (χ1) is 17.3. The molecule has 8 heteroatoms. The molecule has 1 N–H and O–H groups in total. The zero-order valence-corrected chi connectivity index (χ0v) is 19.8. The SMILES string of the molecule is Cc1cc(-c2cc(F)cc(F)c2)cc(C)c1Oc1nc(Nc2ccc(C#N)cc2)nc2ccn(C)c12. The molecule has 0 aliphatic carbocycles. The summed E-state index contributed by atoms with van der Waals surface area (Å²) in [6, 6.07) is 18.0. The molecule has 0 aliphatic rings. The Morgan fingerprint density at radius 3 is 2.17 bits per heavy atom. The number of anilines is 2. The van der Waals surface area contributed by atoms with Crippen molar-refractivity contribution in [2.75, 3.05) is 5.32 Å². The van der Waals surface area contributed by atoms with Crippen LogP contribution in [0.2, 0.25) is 0 Å². The van der Waals surface area contributed by atoms with Crippen molar-refractivity contribution in [2.45, 2.75) is 13.8 Å². The predicted octanol–water partition coefficient (Wildman–Crippen LogP) is 6.94. The van der Waals surface area contributed by atoms with Gasteiger partial charge in [-0.05, 0) is 90.7 Å². The standard InChI is InChI=1S/C28H21F2N5O/c1-16-10-19(20-12-21(29)14-22(30)13-20)11-17(2)26(16)36-27-25-24(8-9-35(25)3)33-28(34-27)32-23-6-4-18(15-31)5-7-23/h4-14H,1-3H3,(H,32,33,34). The van der Waals surface area contributed by atoms with Crippen LogP contribution in [0.25, 0.3) is 22.2 Å². The summed E-state index contributed by atoms with van der Waals surface area (Å²) in [7, 11) is 1.88. The number of aryl methyl sites for hydroxylation is 3. The van der Waals surface area contributed by atoms with E-state index in [0.717, 1.165) is 28.4 Å². The van der Waals surface area contributed by atoms with Crippen molar-refractivity contribution in [1.29, 1.82) is 5.26 Å². The molecule has 178 valence electrons. The summed E-state index contributed by atoms with van der Waals surface area (Å²) in [6.45, 7) is 3.75. The minimum absolute atomic E-state index is 0.343. The van der Waals surface area contributed by atoms with Gasteiger partial charge in [0.05, 0.1) is 17.1 Å². The minimum atomic E-state index is -0.630. The van der Waals surface area contributed by atoms with Gasteiger partial charge in [0.15, 0.2) is 0 Å². The number of hydrogen-bond donors (Lipinski definition) is 1. The van der Waals surface area contributed by atoms with Crippen molar-refractivity contribution in [3.05, 3.63) is 95.2 Å². The van der Waals surface area contributed by atoms with Crippen LogP contribution in [-0.4, -0.2) is 14.5 Å². The molecule has 0 radical (unpaired) electrons. The number of nitrogens with zero attached hydrogens (tertiary/aromatic N) is 4. The molecule has 3 aromatic carbocycles. The zero-order chi connectivity index (χ0) is 25.4. The normalized spacial score (nSPS) is 10.9. The third kappa shape index (κ3) is 4.46. The fourth-order valence-electron chi connectivity index (χ4n) is 4.13. The summed E-state index contributed by atoms with van der Waals surface area (Å²) < 4.78 is 35.8. The average molecular weight is 482 g/mol. The molecule has 0 aliphatic heterocycles. The Labute approximate surface area is 206 Å². The highest BCUT2D eigenvalue weighted by Crippen LogP contribution is 2.36. The van der Waals surface area contributed by atoms with Crippen LogP contribution in [0.1, 0.15) is 16.7 Å². The second kappa shape index (κ2) is 9.12. The number of halogens is 2. The molecule has 36 heavy (non-hydrogen) atoms. The van der Waals surface area contributed by atoms with Crippen LogP contribution in [0, 0.1) is 36.8 Å². The number of fused-ring (bicyclic) bond motifs is 1. The van der Waals surface area contributed by atoms with Gasteiger partial charge in [0, 0.05) is 25.0 Å². The van der Waals surface area contributed by atoms with Gasteiger partial charge in [0.2, 0.25) is 11.8 Å².